The SMILES string of the molecule is CC(=O)O.CC(=O)O.NC(N)=NC(N)=NCCCCCCN=C(N)N=C(Nc1ccc(Cl)cc1)Nc1ccc(Cl)cc1. The van der Waals surface area contributed by atoms with E-state index in [0.717, 1.165) is 50.9 Å². The van der Waals surface area contributed by atoms with Crippen molar-refractivity contribution in [2.75, 3.05) is 23.7 Å². The molecule has 0 radical (unpaired) electrons. The normalized spacial score (nSPS) is 10.6. The van der Waals surface area contributed by atoms with Gasteiger partial charge in [-0.2, -0.15) is 9.98 Å². The molecule has 0 unspecified atom stereocenters. The zero-order chi connectivity index (χ0) is 31.9. The number of rotatable bonds is 9. The second-order valence-electron chi connectivity index (χ2n) is 8.19. The Bertz CT molecular complexity index is 1150. The average molecular weight is 626 g/mol. The monoisotopic (exact) mass is 624 g/mol. The maximum absolute atomic E-state index is 9.00. The van der Waals surface area contributed by atoms with Gasteiger partial charge in [0.2, 0.25) is 17.9 Å². The lowest BCUT2D eigenvalue weighted by Crippen LogP contribution is -2.26. The molecule has 2 rings (SSSR count). The van der Waals surface area contributed by atoms with Crippen LogP contribution in [0.15, 0.2) is 68.5 Å². The molecular weight excluding hydrogens is 587 g/mol. The molecule has 2 aromatic rings. The topological polar surface area (TPSA) is 252 Å². The van der Waals surface area contributed by atoms with Crippen LogP contribution in [0.5, 0.6) is 0 Å². The van der Waals surface area contributed by atoms with Gasteiger partial charge in [0.05, 0.1) is 0 Å². The number of carboxylic acid groups (broad SMARTS) is 2. The summed E-state index contributed by atoms with van der Waals surface area (Å²) < 4.78 is 0. The minimum absolute atomic E-state index is 0.0884. The molecule has 0 fully saturated rings. The molecule has 0 aliphatic heterocycles. The molecule has 0 amide bonds. The third-order valence-corrected chi connectivity index (χ3v) is 4.80. The van der Waals surface area contributed by atoms with Gasteiger partial charge in [0.15, 0.2) is 5.96 Å². The first-order valence-corrected chi connectivity index (χ1v) is 13.3. The summed E-state index contributed by atoms with van der Waals surface area (Å²) in [6.45, 7) is 3.29. The Labute approximate surface area is 254 Å². The second kappa shape index (κ2) is 22.2. The van der Waals surface area contributed by atoms with E-state index in [4.69, 9.17) is 65.9 Å². The van der Waals surface area contributed by atoms with E-state index >= 15 is 0 Å². The van der Waals surface area contributed by atoms with Crippen LogP contribution in [-0.2, 0) is 9.59 Å². The number of halogens is 2. The number of aliphatic carboxylic acids is 2. The number of hydrogen-bond donors (Lipinski definition) is 8. The average Bonchev–Trinajstić information content (AvgIpc) is 2.87. The number of guanidine groups is 4. The Morgan fingerprint density at radius 1 is 0.667 bits per heavy atom. The highest BCUT2D eigenvalue weighted by molar-refractivity contribution is 6.31. The zero-order valence-electron chi connectivity index (χ0n) is 23.4. The molecule has 12 N–H and O–H groups in total. The lowest BCUT2D eigenvalue weighted by Gasteiger charge is -2.12. The van der Waals surface area contributed by atoms with Crippen LogP contribution in [0.4, 0.5) is 11.4 Å². The van der Waals surface area contributed by atoms with Crippen molar-refractivity contribution in [1.82, 2.24) is 0 Å². The van der Waals surface area contributed by atoms with E-state index in [1.54, 1.807) is 24.3 Å². The zero-order valence-corrected chi connectivity index (χ0v) is 24.9. The smallest absolute Gasteiger partial charge is 0.300 e. The van der Waals surface area contributed by atoms with E-state index in [1.165, 1.54) is 0 Å². The largest absolute Gasteiger partial charge is 0.481 e. The Balaban J connectivity index is 0.00000186. The van der Waals surface area contributed by atoms with Gasteiger partial charge in [0.1, 0.15) is 0 Å². The highest BCUT2D eigenvalue weighted by Gasteiger charge is 2.04. The Kier molecular flexibility index (Phi) is 19.8. The molecule has 0 bridgehead atoms. The minimum atomic E-state index is -0.833. The van der Waals surface area contributed by atoms with Crippen LogP contribution in [-0.4, -0.2) is 59.1 Å². The molecule has 2 aromatic carbocycles. The first-order valence-electron chi connectivity index (χ1n) is 12.5. The van der Waals surface area contributed by atoms with Gasteiger partial charge >= 0.3 is 0 Å². The van der Waals surface area contributed by atoms with Gasteiger partial charge < -0.3 is 43.8 Å². The fourth-order valence-electron chi connectivity index (χ4n) is 2.71. The number of unbranched alkanes of at least 4 members (excludes halogenated alkanes) is 3. The Morgan fingerprint density at radius 2 is 1.00 bits per heavy atom. The van der Waals surface area contributed by atoms with Crippen molar-refractivity contribution in [3.63, 3.8) is 0 Å². The van der Waals surface area contributed by atoms with Crippen LogP contribution >= 0.6 is 23.2 Å². The van der Waals surface area contributed by atoms with Crippen molar-refractivity contribution in [3.05, 3.63) is 58.6 Å². The van der Waals surface area contributed by atoms with Crippen molar-refractivity contribution < 1.29 is 19.8 Å². The van der Waals surface area contributed by atoms with Gasteiger partial charge in [-0.3, -0.25) is 19.6 Å². The van der Waals surface area contributed by atoms with Gasteiger partial charge in [0.25, 0.3) is 11.9 Å². The van der Waals surface area contributed by atoms with Gasteiger partial charge in [-0.05, 0) is 61.4 Å². The van der Waals surface area contributed by atoms with Crippen LogP contribution < -0.4 is 33.6 Å². The molecule has 16 heteroatoms. The van der Waals surface area contributed by atoms with Crippen LogP contribution in [0.1, 0.15) is 39.5 Å². The Morgan fingerprint density at radius 3 is 1.33 bits per heavy atom. The summed E-state index contributed by atoms with van der Waals surface area (Å²) in [4.78, 5) is 34.5. The highest BCUT2D eigenvalue weighted by atomic mass is 35.5. The van der Waals surface area contributed by atoms with Crippen molar-refractivity contribution in [2.24, 2.45) is 42.9 Å². The van der Waals surface area contributed by atoms with Crippen molar-refractivity contribution in [3.8, 4) is 0 Å². The van der Waals surface area contributed by atoms with Gasteiger partial charge in [-0.25, -0.2) is 0 Å². The lowest BCUT2D eigenvalue weighted by molar-refractivity contribution is -0.135. The summed E-state index contributed by atoms with van der Waals surface area (Å²) in [5.74, 6) is -1.10. The van der Waals surface area contributed by atoms with Gasteiger partial charge in [0, 0.05) is 48.4 Å². The summed E-state index contributed by atoms with van der Waals surface area (Å²) >= 11 is 11.9. The third kappa shape index (κ3) is 23.3. The molecule has 0 atom stereocenters. The van der Waals surface area contributed by atoms with E-state index in [9.17, 15) is 0 Å². The van der Waals surface area contributed by atoms with E-state index in [1.807, 2.05) is 24.3 Å². The third-order valence-electron chi connectivity index (χ3n) is 4.30. The van der Waals surface area contributed by atoms with Crippen molar-refractivity contribution in [2.45, 2.75) is 39.5 Å². The van der Waals surface area contributed by atoms with Crippen LogP contribution in [0.3, 0.4) is 0 Å². The number of carbonyl (C=O) groups is 2. The predicted octanol–water partition coefficient (Wildman–Crippen LogP) is 3.52. The number of nitrogens with two attached hydrogens (primary N) is 4. The number of hydrogen-bond acceptors (Lipinski definition) is 4. The molecule has 0 aliphatic rings. The Hall–Kier alpha value is -4.56. The van der Waals surface area contributed by atoms with Gasteiger partial charge in [-0.1, -0.05) is 36.0 Å². The summed E-state index contributed by atoms with van der Waals surface area (Å²) in [6, 6.07) is 14.5. The maximum atomic E-state index is 9.00. The summed E-state index contributed by atoms with van der Waals surface area (Å²) in [6.07, 6.45) is 3.68. The molecule has 0 heterocycles. The predicted molar refractivity (Wildman–Crippen MR) is 171 cm³/mol. The molecule has 0 aromatic heterocycles. The van der Waals surface area contributed by atoms with Crippen LogP contribution in [0, 0.1) is 0 Å². The number of aliphatic imine (C=N–C) groups is 4. The molecule has 0 saturated carbocycles. The molecular formula is C26H38Cl2N10O4. The maximum Gasteiger partial charge on any atom is 0.300 e. The molecule has 14 nitrogen and oxygen atoms in total. The van der Waals surface area contributed by atoms with Gasteiger partial charge in [-0.15, -0.1) is 0 Å². The molecule has 42 heavy (non-hydrogen) atoms. The van der Waals surface area contributed by atoms with Crippen LogP contribution in [0.2, 0.25) is 10.0 Å². The fraction of sp³-hybridized carbons (Fsp3) is 0.308. The first-order chi connectivity index (χ1) is 19.8. The molecule has 0 saturated heterocycles. The molecule has 230 valence electrons. The number of nitrogens with zero attached hydrogens (tertiary/aromatic N) is 4. The van der Waals surface area contributed by atoms with E-state index in [2.05, 4.69) is 30.6 Å². The van der Waals surface area contributed by atoms with Crippen molar-refractivity contribution >= 4 is 70.4 Å². The van der Waals surface area contributed by atoms with E-state index in [-0.39, 0.29) is 17.9 Å². The first kappa shape index (κ1) is 37.4. The number of benzene rings is 2. The standard InChI is InChI=1S/C22H30Cl2N10.2C2H4O2/c23-15-5-9-17(10-6-15)31-22(32-18-11-7-16(24)8-12-18)34-21(28)30-14-4-2-1-3-13-29-20(27)33-19(25)26;2*1-2(3)4/h5-12H,1-4,13-14H2,(H6,25,26,27,29,33)(H4,28,30,31,32,34);2*1H3,(H,3,4). The number of carboxylic acids is 2. The van der Waals surface area contributed by atoms with E-state index in [0.29, 0.717) is 29.1 Å². The highest BCUT2D eigenvalue weighted by Crippen LogP contribution is 2.16. The number of anilines is 2. The van der Waals surface area contributed by atoms with E-state index < -0.39 is 11.9 Å². The summed E-state index contributed by atoms with van der Waals surface area (Å²) in [7, 11) is 0. The summed E-state index contributed by atoms with van der Waals surface area (Å²) in [5.41, 5.74) is 23.7. The second-order valence-corrected chi connectivity index (χ2v) is 9.07. The fourth-order valence-corrected chi connectivity index (χ4v) is 2.96. The van der Waals surface area contributed by atoms with Crippen molar-refractivity contribution in [1.29, 1.82) is 0 Å². The quantitative estimate of drug-likeness (QED) is 0.114. The summed E-state index contributed by atoms with van der Waals surface area (Å²) in [5, 5.41) is 22.5. The lowest BCUT2D eigenvalue weighted by atomic mass is 10.2. The molecule has 0 aliphatic carbocycles. The molecule has 0 spiro atoms. The van der Waals surface area contributed by atoms with Crippen LogP contribution in [0.25, 0.3) is 0 Å². The minimum Gasteiger partial charge on any atom is -0.481 e. The number of nitrogens with one attached hydrogen (secondary N) is 2.